The maximum atomic E-state index is 12.3. The third-order valence-corrected chi connectivity index (χ3v) is 4.29. The second-order valence-corrected chi connectivity index (χ2v) is 6.44. The van der Waals surface area contributed by atoms with Gasteiger partial charge in [-0.15, -0.1) is 0 Å². The van der Waals surface area contributed by atoms with Crippen molar-refractivity contribution in [3.8, 4) is 0 Å². The molecule has 0 radical (unpaired) electrons. The number of ether oxygens (including phenoxy) is 1. The number of esters is 1. The quantitative estimate of drug-likeness (QED) is 0.781. The van der Waals surface area contributed by atoms with Gasteiger partial charge >= 0.3 is 5.97 Å². The van der Waals surface area contributed by atoms with Crippen LogP contribution in [0.5, 0.6) is 0 Å². The van der Waals surface area contributed by atoms with Gasteiger partial charge in [-0.2, -0.15) is 4.72 Å². The van der Waals surface area contributed by atoms with Crippen LogP contribution in [0.3, 0.4) is 0 Å². The molecule has 0 amide bonds. The van der Waals surface area contributed by atoms with E-state index in [2.05, 4.69) is 14.4 Å². The molecule has 1 N–H and O–H groups in total. The fraction of sp³-hybridized carbons (Fsp3) is 0.667. The van der Waals surface area contributed by atoms with Crippen molar-refractivity contribution in [2.75, 3.05) is 7.11 Å². The van der Waals surface area contributed by atoms with Crippen molar-refractivity contribution in [2.24, 2.45) is 5.92 Å². The van der Waals surface area contributed by atoms with Gasteiger partial charge in [0, 0.05) is 12.7 Å². The highest BCUT2D eigenvalue weighted by Gasteiger charge is 2.30. The molecule has 0 aliphatic rings. The molecule has 1 atom stereocenters. The van der Waals surface area contributed by atoms with Gasteiger partial charge in [0.15, 0.2) is 5.03 Å². The fourth-order valence-electron chi connectivity index (χ4n) is 1.74. The monoisotopic (exact) mass is 303 g/mol. The fourth-order valence-corrected chi connectivity index (χ4v) is 3.08. The first-order valence-electron chi connectivity index (χ1n) is 6.36. The standard InChI is InChI=1S/C12H21N3O4S/c1-6-15-7-10(13-9(15)4)20(17,18)14-11(8(2)3)12(16)19-5/h7-8,11,14H,6H2,1-5H3. The second-order valence-electron chi connectivity index (χ2n) is 4.78. The van der Waals surface area contributed by atoms with Crippen molar-refractivity contribution < 1.29 is 17.9 Å². The van der Waals surface area contributed by atoms with Crippen molar-refractivity contribution in [1.82, 2.24) is 14.3 Å². The minimum atomic E-state index is -3.85. The molecular formula is C12H21N3O4S. The Balaban J connectivity index is 3.06. The molecule has 0 aliphatic heterocycles. The Morgan fingerprint density at radius 2 is 2.10 bits per heavy atom. The lowest BCUT2D eigenvalue weighted by atomic mass is 10.1. The topological polar surface area (TPSA) is 90.3 Å². The molecule has 8 heteroatoms. The predicted octanol–water partition coefficient (Wildman–Crippen LogP) is 0.687. The Bertz CT molecular complexity index is 578. The van der Waals surface area contributed by atoms with Gasteiger partial charge in [0.1, 0.15) is 11.9 Å². The molecule has 0 aliphatic carbocycles. The molecule has 7 nitrogen and oxygen atoms in total. The number of nitrogens with one attached hydrogen (secondary N) is 1. The number of imidazole rings is 1. The third kappa shape index (κ3) is 3.57. The number of carbonyl (C=O) groups excluding carboxylic acids is 1. The number of carbonyl (C=O) groups is 1. The van der Waals surface area contributed by atoms with Crippen LogP contribution < -0.4 is 4.72 Å². The average molecular weight is 303 g/mol. The maximum absolute atomic E-state index is 12.3. The summed E-state index contributed by atoms with van der Waals surface area (Å²) in [4.78, 5) is 15.6. The highest BCUT2D eigenvalue weighted by molar-refractivity contribution is 7.89. The maximum Gasteiger partial charge on any atom is 0.324 e. The Hall–Kier alpha value is -1.41. The second kappa shape index (κ2) is 6.36. The Kier molecular flexibility index (Phi) is 5.29. The summed E-state index contributed by atoms with van der Waals surface area (Å²) in [5, 5.41) is -0.0913. The molecule has 1 unspecified atom stereocenters. The summed E-state index contributed by atoms with van der Waals surface area (Å²) in [6.45, 7) is 7.71. The zero-order valence-corrected chi connectivity index (χ0v) is 13.2. The van der Waals surface area contributed by atoms with E-state index in [0.29, 0.717) is 12.4 Å². The van der Waals surface area contributed by atoms with Gasteiger partial charge in [-0.05, 0) is 19.8 Å². The predicted molar refractivity (Wildman–Crippen MR) is 73.6 cm³/mol. The van der Waals surface area contributed by atoms with E-state index < -0.39 is 22.0 Å². The van der Waals surface area contributed by atoms with E-state index in [9.17, 15) is 13.2 Å². The van der Waals surface area contributed by atoms with Gasteiger partial charge in [0.25, 0.3) is 10.0 Å². The van der Waals surface area contributed by atoms with Crippen LogP contribution in [0.2, 0.25) is 0 Å². The summed E-state index contributed by atoms with van der Waals surface area (Å²) in [5.41, 5.74) is 0. The first-order chi connectivity index (χ1) is 9.22. The van der Waals surface area contributed by atoms with E-state index in [0.717, 1.165) is 0 Å². The molecule has 0 saturated heterocycles. The van der Waals surface area contributed by atoms with E-state index in [1.54, 1.807) is 25.3 Å². The highest BCUT2D eigenvalue weighted by Crippen LogP contribution is 2.12. The molecule has 20 heavy (non-hydrogen) atoms. The largest absolute Gasteiger partial charge is 0.468 e. The zero-order chi connectivity index (χ0) is 15.5. The van der Waals surface area contributed by atoms with Crippen molar-refractivity contribution in [2.45, 2.75) is 45.3 Å². The number of aryl methyl sites for hydroxylation is 2. The lowest BCUT2D eigenvalue weighted by Crippen LogP contribution is -2.45. The van der Waals surface area contributed by atoms with E-state index in [1.165, 1.54) is 13.3 Å². The average Bonchev–Trinajstić information content (AvgIpc) is 2.77. The van der Waals surface area contributed by atoms with E-state index in [4.69, 9.17) is 0 Å². The molecule has 114 valence electrons. The summed E-state index contributed by atoms with van der Waals surface area (Å²) >= 11 is 0. The molecule has 1 aromatic rings. The highest BCUT2D eigenvalue weighted by atomic mass is 32.2. The number of hydrogen-bond donors (Lipinski definition) is 1. The summed E-state index contributed by atoms with van der Waals surface area (Å²) in [6, 6.07) is -0.933. The van der Waals surface area contributed by atoms with Crippen LogP contribution in [-0.2, 0) is 26.1 Å². The van der Waals surface area contributed by atoms with Crippen molar-refractivity contribution >= 4 is 16.0 Å². The summed E-state index contributed by atoms with van der Waals surface area (Å²) in [7, 11) is -2.63. The molecule has 1 rings (SSSR count). The smallest absolute Gasteiger partial charge is 0.324 e. The van der Waals surface area contributed by atoms with E-state index in [1.807, 2.05) is 6.92 Å². The van der Waals surface area contributed by atoms with Crippen LogP contribution in [0.15, 0.2) is 11.2 Å². The molecule has 1 aromatic heterocycles. The SMILES string of the molecule is CCn1cc(S(=O)(=O)NC(C(=O)OC)C(C)C)nc1C. The van der Waals surface area contributed by atoms with Crippen LogP contribution in [0.25, 0.3) is 0 Å². The Morgan fingerprint density at radius 3 is 2.50 bits per heavy atom. The summed E-state index contributed by atoms with van der Waals surface area (Å²) in [6.07, 6.45) is 1.45. The van der Waals surface area contributed by atoms with Gasteiger partial charge in [-0.1, -0.05) is 13.8 Å². The first kappa shape index (κ1) is 16.6. The summed E-state index contributed by atoms with van der Waals surface area (Å²) in [5.74, 6) is -0.242. The van der Waals surface area contributed by atoms with Gasteiger partial charge in [-0.3, -0.25) is 4.79 Å². The lowest BCUT2D eigenvalue weighted by molar-refractivity contribution is -0.143. The van der Waals surface area contributed by atoms with Crippen LogP contribution in [-0.4, -0.2) is 37.1 Å². The molecule has 0 saturated carbocycles. The molecular weight excluding hydrogens is 282 g/mol. The Morgan fingerprint density at radius 1 is 1.50 bits per heavy atom. The van der Waals surface area contributed by atoms with Crippen molar-refractivity contribution in [3.05, 3.63) is 12.0 Å². The van der Waals surface area contributed by atoms with Gasteiger partial charge in [0.05, 0.1) is 7.11 Å². The van der Waals surface area contributed by atoms with Crippen LogP contribution in [0.1, 0.15) is 26.6 Å². The van der Waals surface area contributed by atoms with Gasteiger partial charge in [-0.25, -0.2) is 13.4 Å². The number of nitrogens with zero attached hydrogens (tertiary/aromatic N) is 2. The van der Waals surface area contributed by atoms with E-state index >= 15 is 0 Å². The van der Waals surface area contributed by atoms with Crippen LogP contribution in [0, 0.1) is 12.8 Å². The van der Waals surface area contributed by atoms with Crippen molar-refractivity contribution in [3.63, 3.8) is 0 Å². The van der Waals surface area contributed by atoms with Crippen LogP contribution in [0.4, 0.5) is 0 Å². The first-order valence-corrected chi connectivity index (χ1v) is 7.85. The number of hydrogen-bond acceptors (Lipinski definition) is 5. The van der Waals surface area contributed by atoms with Crippen LogP contribution >= 0.6 is 0 Å². The molecule has 0 fully saturated rings. The number of sulfonamides is 1. The number of aromatic nitrogens is 2. The van der Waals surface area contributed by atoms with Crippen molar-refractivity contribution in [1.29, 1.82) is 0 Å². The normalized spacial score (nSPS) is 13.5. The minimum Gasteiger partial charge on any atom is -0.468 e. The van der Waals surface area contributed by atoms with Gasteiger partial charge < -0.3 is 9.30 Å². The zero-order valence-electron chi connectivity index (χ0n) is 12.4. The molecule has 0 bridgehead atoms. The molecule has 1 heterocycles. The minimum absolute atomic E-state index is 0.0913. The Labute approximate surface area is 119 Å². The van der Waals surface area contributed by atoms with E-state index in [-0.39, 0.29) is 10.9 Å². The third-order valence-electron chi connectivity index (χ3n) is 2.97. The summed E-state index contributed by atoms with van der Waals surface area (Å²) < 4.78 is 33.2. The number of methoxy groups -OCH3 is 1. The van der Waals surface area contributed by atoms with Gasteiger partial charge in [0.2, 0.25) is 0 Å². The molecule has 0 aromatic carbocycles. The number of rotatable bonds is 6. The molecule has 0 spiro atoms. The lowest BCUT2D eigenvalue weighted by Gasteiger charge is -2.18.